The van der Waals surface area contributed by atoms with Crippen LogP contribution in [-0.4, -0.2) is 26.4 Å². The van der Waals surface area contributed by atoms with Crippen molar-refractivity contribution < 1.29 is 4.79 Å². The zero-order chi connectivity index (χ0) is 20.8. The Morgan fingerprint density at radius 2 is 1.48 bits per heavy atom. The number of nitrogens with one attached hydrogen (secondary N) is 1. The summed E-state index contributed by atoms with van der Waals surface area (Å²) in [7, 11) is 0. The maximum absolute atomic E-state index is 13.2. The summed E-state index contributed by atoms with van der Waals surface area (Å²) in [6.45, 7) is 0. The van der Waals surface area contributed by atoms with E-state index in [2.05, 4.69) is 27.8 Å². The van der Waals surface area contributed by atoms with Crippen LogP contribution in [0.5, 0.6) is 0 Å². The minimum Gasteiger partial charge on any atom is -0.350 e. The molecule has 4 aliphatic rings. The number of benzene rings is 2. The Kier molecular flexibility index (Phi) is 4.44. The van der Waals surface area contributed by atoms with Gasteiger partial charge in [-0.25, -0.2) is 4.68 Å². The normalized spacial score (nSPS) is 28.6. The third-order valence-electron chi connectivity index (χ3n) is 7.56. The minimum absolute atomic E-state index is 0.0220. The lowest BCUT2D eigenvalue weighted by molar-refractivity contribution is -0.126. The lowest BCUT2D eigenvalue weighted by atomic mass is 9.53. The van der Waals surface area contributed by atoms with Crippen LogP contribution in [-0.2, 0) is 11.2 Å². The molecular weight excluding hydrogens is 384 g/mol. The molecule has 1 N–H and O–H groups in total. The number of aromatic nitrogens is 3. The molecule has 3 aromatic rings. The van der Waals surface area contributed by atoms with Gasteiger partial charge in [0.2, 0.25) is 5.91 Å². The van der Waals surface area contributed by atoms with Crippen LogP contribution in [0.15, 0.2) is 60.7 Å². The Morgan fingerprint density at radius 1 is 0.903 bits per heavy atom. The van der Waals surface area contributed by atoms with Gasteiger partial charge in [-0.2, -0.15) is 0 Å². The maximum atomic E-state index is 13.2. The molecule has 0 radical (unpaired) electrons. The van der Waals surface area contributed by atoms with Gasteiger partial charge < -0.3 is 5.32 Å². The smallest absolute Gasteiger partial charge is 0.226 e. The first kappa shape index (κ1) is 18.8. The van der Waals surface area contributed by atoms with Gasteiger partial charge >= 0.3 is 0 Å². The van der Waals surface area contributed by atoms with Gasteiger partial charge in [0.25, 0.3) is 0 Å². The molecule has 1 amide bonds. The average molecular weight is 413 g/mol. The summed E-state index contributed by atoms with van der Waals surface area (Å²) >= 11 is 0. The van der Waals surface area contributed by atoms with Crippen molar-refractivity contribution in [1.29, 1.82) is 0 Å². The SMILES string of the molecule is O=C(Cc1nnn(-c2ccccc2)c1-c1ccccc1)NC12CC3CC(CC(C3)C1)C2. The van der Waals surface area contributed by atoms with E-state index in [1.165, 1.54) is 19.3 Å². The number of rotatable bonds is 5. The number of carbonyl (C=O) groups excluding carboxylic acids is 1. The number of amides is 1. The Balaban J connectivity index is 1.29. The van der Waals surface area contributed by atoms with Gasteiger partial charge in [0.15, 0.2) is 0 Å². The van der Waals surface area contributed by atoms with Gasteiger partial charge in [-0.1, -0.05) is 53.7 Å². The number of nitrogens with zero attached hydrogens (tertiary/aromatic N) is 3. The molecule has 1 heterocycles. The van der Waals surface area contributed by atoms with Crippen LogP contribution >= 0.6 is 0 Å². The van der Waals surface area contributed by atoms with E-state index in [9.17, 15) is 4.79 Å². The van der Waals surface area contributed by atoms with Crippen molar-refractivity contribution in [3.8, 4) is 16.9 Å². The van der Waals surface area contributed by atoms with Crippen molar-refractivity contribution in [2.24, 2.45) is 17.8 Å². The third-order valence-corrected chi connectivity index (χ3v) is 7.56. The Bertz CT molecular complexity index is 1050. The molecular formula is C26H28N4O. The van der Waals surface area contributed by atoms with Gasteiger partial charge in [-0.05, 0) is 68.4 Å². The van der Waals surface area contributed by atoms with Crippen molar-refractivity contribution in [3.05, 3.63) is 66.4 Å². The summed E-state index contributed by atoms with van der Waals surface area (Å²) in [5.41, 5.74) is 3.62. The topological polar surface area (TPSA) is 59.8 Å². The molecule has 7 rings (SSSR count). The van der Waals surface area contributed by atoms with Crippen molar-refractivity contribution in [3.63, 3.8) is 0 Å². The summed E-state index contributed by atoms with van der Waals surface area (Å²) in [5, 5.41) is 12.4. The lowest BCUT2D eigenvalue weighted by Crippen LogP contribution is -2.60. The Morgan fingerprint density at radius 3 is 2.10 bits per heavy atom. The number of hydrogen-bond acceptors (Lipinski definition) is 3. The van der Waals surface area contributed by atoms with E-state index in [1.54, 1.807) is 0 Å². The molecule has 0 aliphatic heterocycles. The monoisotopic (exact) mass is 412 g/mol. The van der Waals surface area contributed by atoms with E-state index in [-0.39, 0.29) is 17.9 Å². The molecule has 4 fully saturated rings. The molecule has 31 heavy (non-hydrogen) atoms. The van der Waals surface area contributed by atoms with Gasteiger partial charge in [-0.15, -0.1) is 5.10 Å². The van der Waals surface area contributed by atoms with Crippen molar-refractivity contribution in [2.75, 3.05) is 0 Å². The molecule has 2 aromatic carbocycles. The van der Waals surface area contributed by atoms with Crippen LogP contribution in [0.2, 0.25) is 0 Å². The highest BCUT2D eigenvalue weighted by Gasteiger charge is 2.51. The Labute approximate surface area is 182 Å². The average Bonchev–Trinajstić information content (AvgIpc) is 3.17. The predicted molar refractivity (Wildman–Crippen MR) is 120 cm³/mol. The zero-order valence-electron chi connectivity index (χ0n) is 17.7. The quantitative estimate of drug-likeness (QED) is 0.668. The number of hydrogen-bond donors (Lipinski definition) is 1. The largest absolute Gasteiger partial charge is 0.350 e. The first-order chi connectivity index (χ1) is 15.2. The van der Waals surface area contributed by atoms with Crippen LogP contribution in [0.25, 0.3) is 16.9 Å². The minimum atomic E-state index is 0.0220. The summed E-state index contributed by atoms with van der Waals surface area (Å²) in [4.78, 5) is 13.2. The molecule has 0 atom stereocenters. The molecule has 4 aliphatic carbocycles. The fraction of sp³-hybridized carbons (Fsp3) is 0.423. The summed E-state index contributed by atoms with van der Waals surface area (Å²) in [6.07, 6.45) is 7.86. The van der Waals surface area contributed by atoms with Gasteiger partial charge in [0.05, 0.1) is 17.8 Å². The van der Waals surface area contributed by atoms with E-state index in [4.69, 9.17) is 0 Å². The molecule has 0 spiro atoms. The second-order valence-corrected chi connectivity index (χ2v) is 9.92. The van der Waals surface area contributed by atoms with E-state index in [1.807, 2.05) is 53.2 Å². The van der Waals surface area contributed by atoms with E-state index in [0.29, 0.717) is 0 Å². The standard InChI is InChI=1S/C26H28N4O/c31-24(27-26-15-18-11-19(16-26)13-20(12-18)17-26)14-23-25(21-7-3-1-4-8-21)30(29-28-23)22-9-5-2-6-10-22/h1-10,18-20H,11-17H2,(H,27,31). The summed E-state index contributed by atoms with van der Waals surface area (Å²) < 4.78 is 1.85. The molecule has 0 saturated heterocycles. The fourth-order valence-corrected chi connectivity index (χ4v) is 6.82. The predicted octanol–water partition coefficient (Wildman–Crippen LogP) is 4.56. The van der Waals surface area contributed by atoms with E-state index >= 15 is 0 Å². The van der Waals surface area contributed by atoms with Crippen LogP contribution in [0.1, 0.15) is 44.2 Å². The maximum Gasteiger partial charge on any atom is 0.226 e. The van der Waals surface area contributed by atoms with Crippen molar-refractivity contribution >= 4 is 5.91 Å². The first-order valence-electron chi connectivity index (χ1n) is 11.5. The van der Waals surface area contributed by atoms with E-state index < -0.39 is 0 Å². The molecule has 4 saturated carbocycles. The summed E-state index contributed by atoms with van der Waals surface area (Å²) in [5.74, 6) is 2.51. The molecule has 4 bridgehead atoms. The highest BCUT2D eigenvalue weighted by atomic mass is 16.1. The van der Waals surface area contributed by atoms with Crippen LogP contribution in [0.4, 0.5) is 0 Å². The highest BCUT2D eigenvalue weighted by Crippen LogP contribution is 2.55. The van der Waals surface area contributed by atoms with Gasteiger partial charge in [0, 0.05) is 11.1 Å². The zero-order valence-corrected chi connectivity index (χ0v) is 17.7. The van der Waals surface area contributed by atoms with Crippen molar-refractivity contribution in [2.45, 2.75) is 50.5 Å². The van der Waals surface area contributed by atoms with Crippen LogP contribution in [0, 0.1) is 17.8 Å². The van der Waals surface area contributed by atoms with Gasteiger partial charge in [-0.3, -0.25) is 4.79 Å². The molecule has 1 aromatic heterocycles. The second-order valence-electron chi connectivity index (χ2n) is 9.92. The molecule has 158 valence electrons. The third kappa shape index (κ3) is 3.46. The molecule has 5 nitrogen and oxygen atoms in total. The molecule has 0 unspecified atom stereocenters. The Hall–Kier alpha value is -2.95. The fourth-order valence-electron chi connectivity index (χ4n) is 6.82. The van der Waals surface area contributed by atoms with Crippen LogP contribution < -0.4 is 5.32 Å². The van der Waals surface area contributed by atoms with Gasteiger partial charge in [0.1, 0.15) is 5.69 Å². The van der Waals surface area contributed by atoms with Crippen LogP contribution in [0.3, 0.4) is 0 Å². The van der Waals surface area contributed by atoms with Crippen molar-refractivity contribution in [1.82, 2.24) is 20.3 Å². The molecule has 5 heteroatoms. The number of para-hydroxylation sites is 1. The van der Waals surface area contributed by atoms with E-state index in [0.717, 1.165) is 59.7 Å². The second kappa shape index (κ2) is 7.33. The highest BCUT2D eigenvalue weighted by molar-refractivity contribution is 5.81. The summed E-state index contributed by atoms with van der Waals surface area (Å²) in [6, 6.07) is 20.1. The first-order valence-corrected chi connectivity index (χ1v) is 11.5. The lowest BCUT2D eigenvalue weighted by Gasteiger charge is -2.56. The number of carbonyl (C=O) groups is 1.